The molecule has 144 valence electrons. The molecule has 0 saturated carbocycles. The first-order valence-electron chi connectivity index (χ1n) is 9.03. The molecule has 1 saturated heterocycles. The summed E-state index contributed by atoms with van der Waals surface area (Å²) in [6.45, 7) is 3.89. The zero-order valence-electron chi connectivity index (χ0n) is 15.2. The third kappa shape index (κ3) is 3.74. The van der Waals surface area contributed by atoms with Crippen LogP contribution in [0.4, 0.5) is 4.39 Å². The van der Waals surface area contributed by atoms with Gasteiger partial charge in [-0.15, -0.1) is 0 Å². The zero-order chi connectivity index (χ0) is 19.0. The van der Waals surface area contributed by atoms with Gasteiger partial charge in [0.1, 0.15) is 12.0 Å². The number of hydrogen-bond acceptors (Lipinski definition) is 7. The van der Waals surface area contributed by atoms with E-state index in [1.807, 2.05) is 38.4 Å². The number of carbonyl (C=O) groups is 1. The molecule has 27 heavy (non-hydrogen) atoms. The predicted molar refractivity (Wildman–Crippen MR) is 104 cm³/mol. The fourth-order valence-corrected chi connectivity index (χ4v) is 4.34. The molecule has 9 heteroatoms. The van der Waals surface area contributed by atoms with Crippen molar-refractivity contribution in [3.63, 3.8) is 0 Å². The molecule has 0 spiro atoms. The minimum absolute atomic E-state index is 0.00247. The minimum atomic E-state index is -0.227. The van der Waals surface area contributed by atoms with Crippen molar-refractivity contribution < 1.29 is 9.18 Å². The summed E-state index contributed by atoms with van der Waals surface area (Å²) in [5.74, 6) is 0.109. The van der Waals surface area contributed by atoms with Crippen LogP contribution in [0.5, 0.6) is 0 Å². The molecule has 3 aliphatic rings. The second kappa shape index (κ2) is 7.40. The molecular formula is C18H23FN6OS. The lowest BCUT2D eigenvalue weighted by molar-refractivity contribution is -0.119. The summed E-state index contributed by atoms with van der Waals surface area (Å²) >= 11 is 1.42. The number of hydrazine groups is 1. The van der Waals surface area contributed by atoms with E-state index in [4.69, 9.17) is 0 Å². The van der Waals surface area contributed by atoms with Gasteiger partial charge in [-0.25, -0.2) is 9.82 Å². The van der Waals surface area contributed by atoms with Crippen molar-refractivity contribution in [2.75, 3.05) is 5.75 Å². The Kier molecular flexibility index (Phi) is 4.96. The quantitative estimate of drug-likeness (QED) is 0.727. The second-order valence-corrected chi connectivity index (χ2v) is 8.07. The SMILES string of the molecule is CC(C)NC(=O)CSC1=NNC2C3CC(c4ccc(F)cc4)NN3C=CN12. The monoisotopic (exact) mass is 390 g/mol. The standard InChI is InChI=1S/C18H23FN6OS/c1-11(2)20-16(26)10-27-18-22-21-17-15-9-14(12-3-5-13(19)6-4-12)23-25(15)8-7-24(17)18/h3-8,11,14-15,17,21,23H,9-10H2,1-2H3,(H,20,26). The number of amidine groups is 1. The molecule has 3 heterocycles. The maximum absolute atomic E-state index is 13.2. The summed E-state index contributed by atoms with van der Waals surface area (Å²) in [4.78, 5) is 14.0. The first kappa shape index (κ1) is 18.1. The highest BCUT2D eigenvalue weighted by molar-refractivity contribution is 8.14. The van der Waals surface area contributed by atoms with E-state index in [1.54, 1.807) is 0 Å². The molecule has 3 unspecified atom stereocenters. The van der Waals surface area contributed by atoms with Gasteiger partial charge in [-0.3, -0.25) is 10.2 Å². The molecule has 1 amide bonds. The number of benzene rings is 1. The summed E-state index contributed by atoms with van der Waals surface area (Å²) in [6.07, 6.45) is 4.82. The smallest absolute Gasteiger partial charge is 0.230 e. The molecule has 1 aromatic rings. The van der Waals surface area contributed by atoms with Crippen LogP contribution in [0.25, 0.3) is 0 Å². The van der Waals surface area contributed by atoms with Crippen molar-refractivity contribution in [2.45, 2.75) is 44.6 Å². The molecule has 1 aromatic carbocycles. The third-order valence-corrected chi connectivity index (χ3v) is 5.73. The van der Waals surface area contributed by atoms with E-state index in [2.05, 4.69) is 31.2 Å². The predicted octanol–water partition coefficient (Wildman–Crippen LogP) is 1.69. The maximum Gasteiger partial charge on any atom is 0.230 e. The highest BCUT2D eigenvalue weighted by atomic mass is 32.2. The Bertz CT molecular complexity index is 768. The molecule has 3 N–H and O–H groups in total. The first-order valence-corrected chi connectivity index (χ1v) is 10.0. The van der Waals surface area contributed by atoms with Crippen molar-refractivity contribution in [1.29, 1.82) is 0 Å². The van der Waals surface area contributed by atoms with Gasteiger partial charge in [-0.05, 0) is 38.0 Å². The largest absolute Gasteiger partial charge is 0.353 e. The number of thioether (sulfide) groups is 1. The lowest BCUT2D eigenvalue weighted by atomic mass is 10.00. The number of nitrogens with zero attached hydrogens (tertiary/aromatic N) is 3. The molecular weight excluding hydrogens is 367 g/mol. The summed E-state index contributed by atoms with van der Waals surface area (Å²) < 4.78 is 13.2. The Morgan fingerprint density at radius 3 is 2.89 bits per heavy atom. The topological polar surface area (TPSA) is 72.0 Å². The van der Waals surface area contributed by atoms with E-state index in [0.29, 0.717) is 5.75 Å². The number of rotatable bonds is 4. The van der Waals surface area contributed by atoms with Crippen LogP contribution >= 0.6 is 11.8 Å². The molecule has 1 fully saturated rings. The van der Waals surface area contributed by atoms with E-state index in [1.165, 1.54) is 23.9 Å². The Morgan fingerprint density at radius 2 is 2.15 bits per heavy atom. The Hall–Kier alpha value is -2.26. The molecule has 0 radical (unpaired) electrons. The number of carbonyl (C=O) groups excluding carboxylic acids is 1. The van der Waals surface area contributed by atoms with Gasteiger partial charge in [0.25, 0.3) is 0 Å². The van der Waals surface area contributed by atoms with Crippen LogP contribution in [-0.2, 0) is 4.79 Å². The molecule has 0 bridgehead atoms. The molecule has 0 aromatic heterocycles. The Balaban J connectivity index is 1.38. The molecule has 3 aliphatic heterocycles. The number of hydrogen-bond donors (Lipinski definition) is 3. The number of hydrazone groups is 1. The zero-order valence-corrected chi connectivity index (χ0v) is 16.0. The Morgan fingerprint density at radius 1 is 1.37 bits per heavy atom. The fourth-order valence-electron chi connectivity index (χ4n) is 3.56. The van der Waals surface area contributed by atoms with Gasteiger partial charge in [0.2, 0.25) is 5.91 Å². The van der Waals surface area contributed by atoms with E-state index in [-0.39, 0.29) is 36.0 Å². The average molecular weight is 390 g/mol. The highest BCUT2D eigenvalue weighted by Gasteiger charge is 2.44. The molecule has 4 rings (SSSR count). The lowest BCUT2D eigenvalue weighted by Crippen LogP contribution is -2.54. The van der Waals surface area contributed by atoms with Crippen molar-refractivity contribution in [1.82, 2.24) is 26.1 Å². The lowest BCUT2D eigenvalue weighted by Gasteiger charge is -2.36. The van der Waals surface area contributed by atoms with Gasteiger partial charge in [-0.1, -0.05) is 23.9 Å². The van der Waals surface area contributed by atoms with Crippen LogP contribution in [0.2, 0.25) is 0 Å². The van der Waals surface area contributed by atoms with Crippen molar-refractivity contribution in [3.8, 4) is 0 Å². The Labute approximate surface area is 162 Å². The van der Waals surface area contributed by atoms with Gasteiger partial charge in [-0.2, -0.15) is 5.10 Å². The van der Waals surface area contributed by atoms with Crippen LogP contribution in [-0.4, -0.2) is 45.0 Å². The van der Waals surface area contributed by atoms with Gasteiger partial charge in [0.05, 0.1) is 17.8 Å². The number of amides is 1. The second-order valence-electron chi connectivity index (χ2n) is 7.13. The van der Waals surface area contributed by atoms with Crippen molar-refractivity contribution in [2.24, 2.45) is 5.10 Å². The average Bonchev–Trinajstić information content (AvgIpc) is 3.23. The van der Waals surface area contributed by atoms with Crippen molar-refractivity contribution >= 4 is 22.8 Å². The van der Waals surface area contributed by atoms with Gasteiger partial charge in [0, 0.05) is 18.4 Å². The van der Waals surface area contributed by atoms with E-state index < -0.39 is 0 Å². The van der Waals surface area contributed by atoms with E-state index >= 15 is 0 Å². The van der Waals surface area contributed by atoms with Crippen LogP contribution in [0.3, 0.4) is 0 Å². The van der Waals surface area contributed by atoms with Gasteiger partial charge < -0.3 is 15.2 Å². The fraction of sp³-hybridized carbons (Fsp3) is 0.444. The van der Waals surface area contributed by atoms with E-state index in [0.717, 1.165) is 17.2 Å². The molecule has 0 aliphatic carbocycles. The van der Waals surface area contributed by atoms with E-state index in [9.17, 15) is 9.18 Å². The summed E-state index contributed by atoms with van der Waals surface area (Å²) in [5, 5.41) is 10.2. The number of halogens is 1. The van der Waals surface area contributed by atoms with Crippen LogP contribution in [0.1, 0.15) is 31.9 Å². The molecule has 7 nitrogen and oxygen atoms in total. The van der Waals surface area contributed by atoms with Crippen molar-refractivity contribution in [3.05, 3.63) is 48.0 Å². The van der Waals surface area contributed by atoms with Crippen LogP contribution in [0, 0.1) is 5.82 Å². The van der Waals surface area contributed by atoms with Crippen LogP contribution < -0.4 is 16.2 Å². The maximum atomic E-state index is 13.2. The van der Waals surface area contributed by atoms with Crippen LogP contribution in [0.15, 0.2) is 41.8 Å². The summed E-state index contributed by atoms with van der Waals surface area (Å²) in [7, 11) is 0. The van der Waals surface area contributed by atoms with Gasteiger partial charge in [0.15, 0.2) is 5.17 Å². The highest BCUT2D eigenvalue weighted by Crippen LogP contribution is 2.35. The molecule has 3 atom stereocenters. The normalized spacial score (nSPS) is 25.9. The van der Waals surface area contributed by atoms with Gasteiger partial charge >= 0.3 is 0 Å². The number of fused-ring (bicyclic) bond motifs is 3. The summed E-state index contributed by atoms with van der Waals surface area (Å²) in [5.41, 5.74) is 7.72. The summed E-state index contributed by atoms with van der Waals surface area (Å²) in [6, 6.07) is 7.05. The number of nitrogens with one attached hydrogen (secondary N) is 3. The minimum Gasteiger partial charge on any atom is -0.353 e. The first-order chi connectivity index (χ1) is 13.0. The third-order valence-electron chi connectivity index (χ3n) is 4.76.